The molecule has 0 aliphatic heterocycles. The number of rotatable bonds is 6. The maximum atomic E-state index is 13.5. The van der Waals surface area contributed by atoms with Crippen LogP contribution >= 0.6 is 11.6 Å². The maximum absolute atomic E-state index is 13.5. The van der Waals surface area contributed by atoms with Crippen molar-refractivity contribution in [2.45, 2.75) is 0 Å². The van der Waals surface area contributed by atoms with Gasteiger partial charge in [-0.25, -0.2) is 13.6 Å². The molecule has 0 radical (unpaired) electrons. The van der Waals surface area contributed by atoms with Crippen LogP contribution < -0.4 is 14.8 Å². The van der Waals surface area contributed by atoms with E-state index in [1.807, 2.05) is 0 Å². The second kappa shape index (κ2) is 8.48. The molecule has 0 atom stereocenters. The van der Waals surface area contributed by atoms with Crippen LogP contribution in [0.3, 0.4) is 0 Å². The van der Waals surface area contributed by atoms with Crippen molar-refractivity contribution in [3.63, 3.8) is 0 Å². The molecule has 1 amide bonds. The van der Waals surface area contributed by atoms with Gasteiger partial charge >= 0.3 is 5.97 Å². The first-order chi connectivity index (χ1) is 12.3. The number of nitrogens with one attached hydrogen (secondary N) is 1. The minimum atomic E-state index is -0.859. The van der Waals surface area contributed by atoms with Gasteiger partial charge in [0.25, 0.3) is 5.91 Å². The fraction of sp³-hybridized carbons (Fsp3) is 0.176. The lowest BCUT2D eigenvalue weighted by molar-refractivity contribution is -0.119. The molecule has 6 nitrogen and oxygen atoms in total. The Kier molecular flexibility index (Phi) is 6.35. The number of methoxy groups -OCH3 is 2. The minimum Gasteiger partial charge on any atom is -0.493 e. The summed E-state index contributed by atoms with van der Waals surface area (Å²) >= 11 is 5.99. The number of hydrogen-bond acceptors (Lipinski definition) is 5. The first kappa shape index (κ1) is 19.5. The summed E-state index contributed by atoms with van der Waals surface area (Å²) in [5.74, 6) is -2.79. The van der Waals surface area contributed by atoms with Gasteiger partial charge in [0.1, 0.15) is 11.6 Å². The van der Waals surface area contributed by atoms with Crippen molar-refractivity contribution in [2.75, 3.05) is 26.1 Å². The third kappa shape index (κ3) is 4.60. The topological polar surface area (TPSA) is 73.9 Å². The molecule has 0 fully saturated rings. The van der Waals surface area contributed by atoms with Crippen LogP contribution in [0.1, 0.15) is 10.4 Å². The molecule has 2 aromatic rings. The third-order valence-electron chi connectivity index (χ3n) is 3.21. The predicted molar refractivity (Wildman–Crippen MR) is 89.8 cm³/mol. The van der Waals surface area contributed by atoms with E-state index in [4.69, 9.17) is 25.8 Å². The lowest BCUT2D eigenvalue weighted by Gasteiger charge is -2.11. The number of benzene rings is 2. The van der Waals surface area contributed by atoms with Crippen molar-refractivity contribution in [1.82, 2.24) is 0 Å². The summed E-state index contributed by atoms with van der Waals surface area (Å²) in [4.78, 5) is 23.8. The normalized spacial score (nSPS) is 10.2. The van der Waals surface area contributed by atoms with Crippen molar-refractivity contribution >= 4 is 29.2 Å². The van der Waals surface area contributed by atoms with Crippen LogP contribution in [0, 0.1) is 11.6 Å². The standard InChI is InChI=1S/C17H14ClF2NO5/c1-24-14-6-9(5-11(18)16(14)25-2)17(23)26-8-15(22)21-13-7-10(19)3-4-12(13)20/h3-7H,8H2,1-2H3,(H,21,22). The van der Waals surface area contributed by atoms with Crippen LogP contribution in [0.4, 0.5) is 14.5 Å². The number of halogens is 3. The molecule has 0 unspecified atom stereocenters. The summed E-state index contributed by atoms with van der Waals surface area (Å²) in [6, 6.07) is 5.20. The van der Waals surface area contributed by atoms with Gasteiger partial charge in [-0.2, -0.15) is 0 Å². The van der Waals surface area contributed by atoms with Crippen LogP contribution in [0.2, 0.25) is 5.02 Å². The summed E-state index contributed by atoms with van der Waals surface area (Å²) in [6.45, 7) is -0.708. The van der Waals surface area contributed by atoms with E-state index in [2.05, 4.69) is 5.32 Å². The van der Waals surface area contributed by atoms with Crippen molar-refractivity contribution in [3.05, 3.63) is 52.6 Å². The quantitative estimate of drug-likeness (QED) is 0.771. The summed E-state index contributed by atoms with van der Waals surface area (Å²) in [6.07, 6.45) is 0. The molecule has 2 aromatic carbocycles. The number of carbonyl (C=O) groups is 2. The van der Waals surface area contributed by atoms with Crippen molar-refractivity contribution in [1.29, 1.82) is 0 Å². The zero-order valence-electron chi connectivity index (χ0n) is 13.8. The van der Waals surface area contributed by atoms with Crippen LogP contribution in [0.15, 0.2) is 30.3 Å². The van der Waals surface area contributed by atoms with Crippen molar-refractivity contribution in [3.8, 4) is 11.5 Å². The number of carbonyl (C=O) groups excluding carboxylic acids is 2. The molecule has 0 spiro atoms. The Hall–Kier alpha value is -2.87. The largest absolute Gasteiger partial charge is 0.493 e. The zero-order chi connectivity index (χ0) is 19.3. The van der Waals surface area contributed by atoms with E-state index in [0.717, 1.165) is 18.2 Å². The highest BCUT2D eigenvalue weighted by Crippen LogP contribution is 2.36. The predicted octanol–water partition coefficient (Wildman–Crippen LogP) is 3.43. The molecular formula is C17H14ClF2NO5. The van der Waals surface area contributed by atoms with Crippen LogP contribution in [0.25, 0.3) is 0 Å². The smallest absolute Gasteiger partial charge is 0.338 e. The van der Waals surface area contributed by atoms with Gasteiger partial charge < -0.3 is 19.5 Å². The van der Waals surface area contributed by atoms with Gasteiger partial charge in [0.15, 0.2) is 18.1 Å². The fourth-order valence-corrected chi connectivity index (χ4v) is 2.32. The van der Waals surface area contributed by atoms with E-state index in [1.165, 1.54) is 26.4 Å². The fourth-order valence-electron chi connectivity index (χ4n) is 2.03. The Balaban J connectivity index is 2.03. The average Bonchev–Trinajstić information content (AvgIpc) is 2.61. The van der Waals surface area contributed by atoms with E-state index in [0.29, 0.717) is 0 Å². The molecule has 0 aliphatic rings. The molecule has 0 aromatic heterocycles. The molecule has 9 heteroatoms. The van der Waals surface area contributed by atoms with Crippen LogP contribution in [-0.2, 0) is 9.53 Å². The van der Waals surface area contributed by atoms with Crippen LogP contribution in [0.5, 0.6) is 11.5 Å². The van der Waals surface area contributed by atoms with Gasteiger partial charge in [-0.3, -0.25) is 4.79 Å². The summed E-state index contributed by atoms with van der Waals surface area (Å²) in [7, 11) is 2.75. The molecule has 26 heavy (non-hydrogen) atoms. The monoisotopic (exact) mass is 385 g/mol. The highest BCUT2D eigenvalue weighted by atomic mass is 35.5. The molecule has 1 N–H and O–H groups in total. The third-order valence-corrected chi connectivity index (χ3v) is 3.49. The number of hydrogen-bond donors (Lipinski definition) is 1. The first-order valence-corrected chi connectivity index (χ1v) is 7.57. The summed E-state index contributed by atoms with van der Waals surface area (Å²) in [5, 5.41) is 2.22. The van der Waals surface area contributed by atoms with E-state index >= 15 is 0 Å². The number of anilines is 1. The van der Waals surface area contributed by atoms with Gasteiger partial charge in [0, 0.05) is 6.07 Å². The molecule has 138 valence electrons. The lowest BCUT2D eigenvalue weighted by atomic mass is 10.2. The highest BCUT2D eigenvalue weighted by Gasteiger charge is 2.17. The van der Waals surface area contributed by atoms with Gasteiger partial charge in [-0.05, 0) is 24.3 Å². The molecule has 0 saturated heterocycles. The van der Waals surface area contributed by atoms with Gasteiger partial charge in [0.05, 0.1) is 30.5 Å². The van der Waals surface area contributed by atoms with Gasteiger partial charge in [-0.1, -0.05) is 11.6 Å². The van der Waals surface area contributed by atoms with Crippen molar-refractivity contribution < 1.29 is 32.6 Å². The molecule has 0 bridgehead atoms. The number of ether oxygens (including phenoxy) is 3. The Bertz CT molecular complexity index is 844. The molecule has 2 rings (SSSR count). The maximum Gasteiger partial charge on any atom is 0.338 e. The van der Waals surface area contributed by atoms with E-state index in [-0.39, 0.29) is 27.8 Å². The Morgan fingerprint density at radius 1 is 1.12 bits per heavy atom. The molecule has 0 saturated carbocycles. The summed E-state index contributed by atoms with van der Waals surface area (Å²) in [5.41, 5.74) is -0.336. The molecule has 0 heterocycles. The molecular weight excluding hydrogens is 372 g/mol. The Labute approximate surface area is 152 Å². The van der Waals surface area contributed by atoms with E-state index < -0.39 is 30.1 Å². The van der Waals surface area contributed by atoms with E-state index in [1.54, 1.807) is 0 Å². The first-order valence-electron chi connectivity index (χ1n) is 7.19. The Morgan fingerprint density at radius 3 is 2.50 bits per heavy atom. The van der Waals surface area contributed by atoms with Gasteiger partial charge in [0.2, 0.25) is 0 Å². The number of amides is 1. The number of esters is 1. The van der Waals surface area contributed by atoms with E-state index in [9.17, 15) is 18.4 Å². The second-order valence-corrected chi connectivity index (χ2v) is 5.35. The SMILES string of the molecule is COc1cc(C(=O)OCC(=O)Nc2cc(F)ccc2F)cc(Cl)c1OC. The van der Waals surface area contributed by atoms with Crippen molar-refractivity contribution in [2.24, 2.45) is 0 Å². The second-order valence-electron chi connectivity index (χ2n) is 4.94. The lowest BCUT2D eigenvalue weighted by Crippen LogP contribution is -2.21. The zero-order valence-corrected chi connectivity index (χ0v) is 14.5. The summed E-state index contributed by atoms with van der Waals surface area (Å²) < 4.78 is 41.5. The molecule has 0 aliphatic carbocycles. The van der Waals surface area contributed by atoms with Crippen LogP contribution in [-0.4, -0.2) is 32.7 Å². The Morgan fingerprint density at radius 2 is 1.85 bits per heavy atom. The van der Waals surface area contributed by atoms with Gasteiger partial charge in [-0.15, -0.1) is 0 Å². The minimum absolute atomic E-state index is 0.0254. The average molecular weight is 386 g/mol. The highest BCUT2D eigenvalue weighted by molar-refractivity contribution is 6.32.